The second-order valence-corrected chi connectivity index (χ2v) is 6.01. The van der Waals surface area contributed by atoms with Crippen LogP contribution in [-0.4, -0.2) is 24.2 Å². The summed E-state index contributed by atoms with van der Waals surface area (Å²) in [7, 11) is 0. The molecule has 2 heterocycles. The lowest BCUT2D eigenvalue weighted by molar-refractivity contribution is 0.180. The number of ether oxygens (including phenoxy) is 1. The fraction of sp³-hybridized carbons (Fsp3) is 0.462. The molecule has 0 radical (unpaired) electrons. The van der Waals surface area contributed by atoms with Gasteiger partial charge in [-0.2, -0.15) is 0 Å². The van der Waals surface area contributed by atoms with Crippen molar-refractivity contribution < 1.29 is 4.74 Å². The summed E-state index contributed by atoms with van der Waals surface area (Å²) < 4.78 is 6.73. The van der Waals surface area contributed by atoms with Crippen LogP contribution in [0.2, 0.25) is 0 Å². The molecule has 1 aromatic heterocycles. The van der Waals surface area contributed by atoms with Crippen molar-refractivity contribution in [1.82, 2.24) is 4.98 Å². The number of thiazole rings is 1. The van der Waals surface area contributed by atoms with Crippen LogP contribution in [-0.2, 0) is 10.2 Å². The van der Waals surface area contributed by atoms with Gasteiger partial charge in [-0.05, 0) is 25.5 Å². The third-order valence-corrected chi connectivity index (χ3v) is 4.93. The van der Waals surface area contributed by atoms with Gasteiger partial charge in [0.1, 0.15) is 5.01 Å². The first-order valence-corrected chi connectivity index (χ1v) is 6.63. The monoisotopic (exact) mass is 248 g/mol. The maximum Gasteiger partial charge on any atom is 0.104 e. The number of para-hydroxylation sites is 1. The molecule has 0 saturated carbocycles. The largest absolute Gasteiger partial charge is 0.379 e. The van der Waals surface area contributed by atoms with Gasteiger partial charge < -0.3 is 10.5 Å². The molecule has 2 atom stereocenters. The summed E-state index contributed by atoms with van der Waals surface area (Å²) in [6, 6.07) is 6.34. The van der Waals surface area contributed by atoms with Crippen molar-refractivity contribution >= 4 is 21.6 Å². The smallest absolute Gasteiger partial charge is 0.104 e. The molecule has 1 saturated heterocycles. The maximum absolute atomic E-state index is 6.15. The van der Waals surface area contributed by atoms with Crippen LogP contribution < -0.4 is 5.73 Å². The molecule has 1 aliphatic rings. The van der Waals surface area contributed by atoms with Gasteiger partial charge >= 0.3 is 0 Å². The molecule has 3 rings (SSSR count). The summed E-state index contributed by atoms with van der Waals surface area (Å²) in [5.74, 6) is 0. The number of nitrogens with zero attached hydrogens (tertiary/aromatic N) is 1. The summed E-state index contributed by atoms with van der Waals surface area (Å²) in [4.78, 5) is 4.77. The van der Waals surface area contributed by atoms with E-state index in [1.807, 2.05) is 0 Å². The number of hydrogen-bond acceptors (Lipinski definition) is 4. The Labute approximate surface area is 105 Å². The van der Waals surface area contributed by atoms with Crippen molar-refractivity contribution in [3.8, 4) is 0 Å². The summed E-state index contributed by atoms with van der Waals surface area (Å²) in [6.07, 6.45) is 0. The van der Waals surface area contributed by atoms with E-state index in [0.717, 1.165) is 10.5 Å². The average Bonchev–Trinajstić information content (AvgIpc) is 2.86. The number of fused-ring (bicyclic) bond motifs is 1. The van der Waals surface area contributed by atoms with Gasteiger partial charge in [0.25, 0.3) is 0 Å². The van der Waals surface area contributed by atoms with Crippen LogP contribution in [0, 0.1) is 6.92 Å². The van der Waals surface area contributed by atoms with Gasteiger partial charge in [0.15, 0.2) is 0 Å². The van der Waals surface area contributed by atoms with Gasteiger partial charge in [-0.3, -0.25) is 0 Å². The van der Waals surface area contributed by atoms with Crippen LogP contribution in [0.5, 0.6) is 0 Å². The molecule has 0 spiro atoms. The molecule has 0 aliphatic carbocycles. The normalized spacial score (nSPS) is 29.0. The number of benzene rings is 1. The van der Waals surface area contributed by atoms with E-state index in [0.29, 0.717) is 13.2 Å². The Hall–Kier alpha value is -0.970. The average molecular weight is 248 g/mol. The quantitative estimate of drug-likeness (QED) is 0.842. The highest BCUT2D eigenvalue weighted by Gasteiger charge is 2.41. The summed E-state index contributed by atoms with van der Waals surface area (Å²) in [5.41, 5.74) is 8.35. The molecular formula is C13H16N2OS. The van der Waals surface area contributed by atoms with E-state index in [-0.39, 0.29) is 11.5 Å². The molecule has 3 nitrogen and oxygen atoms in total. The molecule has 2 N–H and O–H groups in total. The number of hydrogen-bond donors (Lipinski definition) is 1. The minimum atomic E-state index is -0.129. The van der Waals surface area contributed by atoms with Crippen molar-refractivity contribution in [2.75, 3.05) is 13.2 Å². The van der Waals surface area contributed by atoms with Crippen LogP contribution in [0.1, 0.15) is 17.5 Å². The number of rotatable bonds is 1. The van der Waals surface area contributed by atoms with Crippen molar-refractivity contribution in [2.24, 2.45) is 5.73 Å². The standard InChI is InChI=1S/C13H16N2OS/c1-8-4-3-5-9-11(8)15-12(17-9)13(2)7-16-6-10(13)14/h3-5,10H,6-7,14H2,1-2H3. The van der Waals surface area contributed by atoms with Crippen LogP contribution in [0.4, 0.5) is 0 Å². The Bertz CT molecular complexity index is 566. The first kappa shape index (κ1) is 11.1. The van der Waals surface area contributed by atoms with E-state index in [4.69, 9.17) is 15.5 Å². The van der Waals surface area contributed by atoms with Crippen molar-refractivity contribution in [3.63, 3.8) is 0 Å². The van der Waals surface area contributed by atoms with E-state index in [9.17, 15) is 0 Å². The fourth-order valence-corrected chi connectivity index (χ4v) is 3.48. The third-order valence-electron chi connectivity index (χ3n) is 3.63. The minimum Gasteiger partial charge on any atom is -0.379 e. The van der Waals surface area contributed by atoms with E-state index in [1.54, 1.807) is 11.3 Å². The van der Waals surface area contributed by atoms with Gasteiger partial charge in [0.2, 0.25) is 0 Å². The van der Waals surface area contributed by atoms with Gasteiger partial charge in [-0.25, -0.2) is 4.98 Å². The number of aromatic nitrogens is 1. The number of aryl methyl sites for hydroxylation is 1. The number of nitrogens with two attached hydrogens (primary N) is 1. The minimum absolute atomic E-state index is 0.0448. The van der Waals surface area contributed by atoms with Crippen LogP contribution >= 0.6 is 11.3 Å². The highest BCUT2D eigenvalue weighted by molar-refractivity contribution is 7.18. The van der Waals surface area contributed by atoms with Crippen LogP contribution in [0.25, 0.3) is 10.2 Å². The second-order valence-electron chi connectivity index (χ2n) is 4.98. The van der Waals surface area contributed by atoms with Gasteiger partial charge in [-0.1, -0.05) is 12.1 Å². The molecule has 1 aliphatic heterocycles. The zero-order chi connectivity index (χ0) is 12.0. The molecule has 0 amide bonds. The van der Waals surface area contributed by atoms with Gasteiger partial charge in [-0.15, -0.1) is 11.3 Å². The predicted octanol–water partition coefficient (Wildman–Crippen LogP) is 2.22. The van der Waals surface area contributed by atoms with Crippen LogP contribution in [0.3, 0.4) is 0 Å². The van der Waals surface area contributed by atoms with Crippen molar-refractivity contribution in [2.45, 2.75) is 25.3 Å². The first-order valence-electron chi connectivity index (χ1n) is 5.81. The van der Waals surface area contributed by atoms with Crippen molar-refractivity contribution in [3.05, 3.63) is 28.8 Å². The molecular weight excluding hydrogens is 232 g/mol. The fourth-order valence-electron chi connectivity index (χ4n) is 2.24. The Kier molecular flexibility index (Phi) is 2.47. The van der Waals surface area contributed by atoms with E-state index >= 15 is 0 Å². The van der Waals surface area contributed by atoms with E-state index in [1.165, 1.54) is 10.3 Å². The summed E-state index contributed by atoms with van der Waals surface area (Å²) >= 11 is 1.74. The van der Waals surface area contributed by atoms with Crippen LogP contribution in [0.15, 0.2) is 18.2 Å². The topological polar surface area (TPSA) is 48.1 Å². The lowest BCUT2D eigenvalue weighted by Crippen LogP contribution is -2.41. The molecule has 2 unspecified atom stereocenters. The lowest BCUT2D eigenvalue weighted by Gasteiger charge is -2.23. The summed E-state index contributed by atoms with van der Waals surface area (Å²) in [6.45, 7) is 5.55. The SMILES string of the molecule is Cc1cccc2sc(C3(C)COCC3N)nc12. The molecule has 1 fully saturated rings. The van der Waals surface area contributed by atoms with Crippen molar-refractivity contribution in [1.29, 1.82) is 0 Å². The third kappa shape index (κ3) is 1.59. The molecule has 2 aromatic rings. The highest BCUT2D eigenvalue weighted by Crippen LogP contribution is 2.37. The van der Waals surface area contributed by atoms with Gasteiger partial charge in [0.05, 0.1) is 28.8 Å². The molecule has 1 aromatic carbocycles. The zero-order valence-corrected chi connectivity index (χ0v) is 10.9. The van der Waals surface area contributed by atoms with E-state index in [2.05, 4.69) is 32.0 Å². The predicted molar refractivity (Wildman–Crippen MR) is 70.5 cm³/mol. The molecule has 4 heteroatoms. The Morgan fingerprint density at radius 2 is 2.35 bits per heavy atom. The Morgan fingerprint density at radius 1 is 1.53 bits per heavy atom. The zero-order valence-electron chi connectivity index (χ0n) is 10.1. The molecule has 90 valence electrons. The van der Waals surface area contributed by atoms with E-state index < -0.39 is 0 Å². The second kappa shape index (κ2) is 3.77. The molecule has 0 bridgehead atoms. The Morgan fingerprint density at radius 3 is 3.00 bits per heavy atom. The van der Waals surface area contributed by atoms with Gasteiger partial charge in [0, 0.05) is 6.04 Å². The highest BCUT2D eigenvalue weighted by atomic mass is 32.1. The maximum atomic E-state index is 6.15. The Balaban J connectivity index is 2.15. The summed E-state index contributed by atoms with van der Waals surface area (Å²) in [5, 5.41) is 1.10. The molecule has 17 heavy (non-hydrogen) atoms. The lowest BCUT2D eigenvalue weighted by atomic mass is 9.87. The first-order chi connectivity index (χ1) is 8.11.